The summed E-state index contributed by atoms with van der Waals surface area (Å²) in [5.41, 5.74) is 0.705. The lowest BCUT2D eigenvalue weighted by molar-refractivity contribution is 0.477. The van der Waals surface area contributed by atoms with E-state index >= 15 is 0 Å². The van der Waals surface area contributed by atoms with Crippen molar-refractivity contribution in [2.45, 2.75) is 18.9 Å². The van der Waals surface area contributed by atoms with Gasteiger partial charge in [-0.25, -0.2) is 18.7 Å². The summed E-state index contributed by atoms with van der Waals surface area (Å²) in [4.78, 5) is 12.3. The molecule has 1 aliphatic rings. The number of nitrogens with one attached hydrogen (secondary N) is 2. The molecule has 0 unspecified atom stereocenters. The summed E-state index contributed by atoms with van der Waals surface area (Å²) in [6.45, 7) is 1.85. The Bertz CT molecular complexity index is 909. The van der Waals surface area contributed by atoms with E-state index in [1.165, 1.54) is 12.3 Å². The zero-order valence-electron chi connectivity index (χ0n) is 13.5. The van der Waals surface area contributed by atoms with E-state index in [0.29, 0.717) is 16.9 Å². The maximum Gasteiger partial charge on any atom is 0.223 e. The van der Waals surface area contributed by atoms with Gasteiger partial charge in [-0.15, -0.1) is 0 Å². The van der Waals surface area contributed by atoms with Crippen LogP contribution in [0.5, 0.6) is 0 Å². The molecule has 3 heterocycles. The normalized spacial score (nSPS) is 15.4. The van der Waals surface area contributed by atoms with Crippen molar-refractivity contribution in [1.82, 2.24) is 20.3 Å². The van der Waals surface area contributed by atoms with Crippen LogP contribution in [0, 0.1) is 11.6 Å². The van der Waals surface area contributed by atoms with E-state index < -0.39 is 11.6 Å². The zero-order chi connectivity index (χ0) is 17.2. The van der Waals surface area contributed by atoms with Gasteiger partial charge >= 0.3 is 0 Å². The van der Waals surface area contributed by atoms with Crippen LogP contribution < -0.4 is 10.6 Å². The van der Waals surface area contributed by atoms with Crippen molar-refractivity contribution in [1.29, 1.82) is 0 Å². The van der Waals surface area contributed by atoms with Gasteiger partial charge in [-0.2, -0.15) is 0 Å². The fourth-order valence-corrected chi connectivity index (χ4v) is 3.07. The Morgan fingerprint density at radius 3 is 2.76 bits per heavy atom. The van der Waals surface area contributed by atoms with Gasteiger partial charge < -0.3 is 10.6 Å². The quantitative estimate of drug-likeness (QED) is 0.766. The number of hydrogen-bond acceptors (Lipinski definition) is 5. The number of benzene rings is 1. The molecule has 4 rings (SSSR count). The second-order valence-electron chi connectivity index (χ2n) is 6.09. The van der Waals surface area contributed by atoms with Gasteiger partial charge in [0.25, 0.3) is 0 Å². The molecule has 7 heteroatoms. The summed E-state index contributed by atoms with van der Waals surface area (Å²) in [6, 6.07) is 6.64. The first kappa shape index (κ1) is 15.8. The van der Waals surface area contributed by atoms with Crippen LogP contribution in [0.3, 0.4) is 0 Å². The van der Waals surface area contributed by atoms with E-state index in [1.807, 2.05) is 0 Å². The fraction of sp³-hybridized carbons (Fsp3) is 0.278. The van der Waals surface area contributed by atoms with Crippen LogP contribution in [0.4, 0.5) is 14.7 Å². The predicted octanol–water partition coefficient (Wildman–Crippen LogP) is 3.13. The zero-order valence-corrected chi connectivity index (χ0v) is 13.5. The van der Waals surface area contributed by atoms with Gasteiger partial charge in [0.15, 0.2) is 5.82 Å². The highest BCUT2D eigenvalue weighted by Crippen LogP contribution is 2.27. The van der Waals surface area contributed by atoms with Crippen LogP contribution in [0.1, 0.15) is 12.8 Å². The van der Waals surface area contributed by atoms with E-state index in [9.17, 15) is 8.78 Å². The van der Waals surface area contributed by atoms with Gasteiger partial charge in [0.1, 0.15) is 17.0 Å². The van der Waals surface area contributed by atoms with Crippen molar-refractivity contribution in [3.63, 3.8) is 0 Å². The minimum atomic E-state index is -0.585. The minimum absolute atomic E-state index is 0.0797. The van der Waals surface area contributed by atoms with Crippen molar-refractivity contribution in [2.24, 2.45) is 0 Å². The van der Waals surface area contributed by atoms with E-state index in [0.717, 1.165) is 32.1 Å². The largest absolute Gasteiger partial charge is 0.351 e. The molecule has 1 fully saturated rings. The monoisotopic (exact) mass is 341 g/mol. The number of pyridine rings is 1. The molecule has 2 aromatic heterocycles. The van der Waals surface area contributed by atoms with Gasteiger partial charge in [-0.05, 0) is 44.1 Å². The smallest absolute Gasteiger partial charge is 0.223 e. The van der Waals surface area contributed by atoms with Crippen LogP contribution in [0.2, 0.25) is 0 Å². The van der Waals surface area contributed by atoms with Crippen molar-refractivity contribution in [3.8, 4) is 11.3 Å². The lowest BCUT2D eigenvalue weighted by atomic mass is 10.1. The minimum Gasteiger partial charge on any atom is -0.351 e. The van der Waals surface area contributed by atoms with Gasteiger partial charge in [-0.1, -0.05) is 6.07 Å². The topological polar surface area (TPSA) is 62.7 Å². The maximum absolute atomic E-state index is 14.3. The highest BCUT2D eigenvalue weighted by Gasteiger charge is 2.17. The Morgan fingerprint density at radius 2 is 1.92 bits per heavy atom. The van der Waals surface area contributed by atoms with E-state index in [2.05, 4.69) is 25.6 Å². The molecular weight excluding hydrogens is 324 g/mol. The number of aromatic nitrogens is 3. The number of piperidine rings is 1. The second kappa shape index (κ2) is 6.68. The summed E-state index contributed by atoms with van der Waals surface area (Å²) in [7, 11) is 0. The number of halogens is 2. The Labute approximate surface area is 143 Å². The Hall–Kier alpha value is -2.67. The van der Waals surface area contributed by atoms with Crippen molar-refractivity contribution in [2.75, 3.05) is 18.4 Å². The first-order valence-corrected chi connectivity index (χ1v) is 8.25. The molecule has 1 saturated heterocycles. The average molecular weight is 341 g/mol. The molecule has 0 saturated carbocycles. The van der Waals surface area contributed by atoms with E-state index in [4.69, 9.17) is 0 Å². The summed E-state index contributed by atoms with van der Waals surface area (Å²) in [5.74, 6) is -0.729. The molecule has 1 aliphatic heterocycles. The summed E-state index contributed by atoms with van der Waals surface area (Å²) >= 11 is 0. The molecular formula is C18H17F2N5. The number of anilines is 1. The van der Waals surface area contributed by atoms with Crippen LogP contribution in [0.15, 0.2) is 36.7 Å². The van der Waals surface area contributed by atoms with E-state index in [-0.39, 0.29) is 17.3 Å². The standard InChI is InChI=1S/C18H17F2N5/c19-14-9-12(8-11-2-1-5-22-16(11)14)17-15(20)10-23-18(25-17)24-13-3-6-21-7-4-13/h1-2,5,8-10,13,21H,3-4,6-7H2,(H,23,24,25). The summed E-state index contributed by atoms with van der Waals surface area (Å²) < 4.78 is 28.6. The Balaban J connectivity index is 1.70. The number of hydrogen-bond donors (Lipinski definition) is 2. The summed E-state index contributed by atoms with van der Waals surface area (Å²) in [6.07, 6.45) is 4.55. The van der Waals surface area contributed by atoms with Gasteiger partial charge in [0.2, 0.25) is 5.95 Å². The van der Waals surface area contributed by atoms with Crippen molar-refractivity contribution >= 4 is 16.9 Å². The fourth-order valence-electron chi connectivity index (χ4n) is 3.07. The van der Waals surface area contributed by atoms with Crippen molar-refractivity contribution in [3.05, 3.63) is 48.3 Å². The SMILES string of the molecule is Fc1cnc(NC2CCNCC2)nc1-c1cc(F)c2ncccc2c1. The molecule has 1 aromatic carbocycles. The molecule has 0 radical (unpaired) electrons. The molecule has 128 valence electrons. The molecule has 0 aliphatic carbocycles. The molecule has 0 bridgehead atoms. The molecule has 3 aromatic rings. The van der Waals surface area contributed by atoms with Gasteiger partial charge in [0, 0.05) is 23.2 Å². The average Bonchev–Trinajstić information content (AvgIpc) is 2.64. The van der Waals surface area contributed by atoms with Crippen LogP contribution in [0.25, 0.3) is 22.2 Å². The Kier molecular flexibility index (Phi) is 4.23. The third-order valence-electron chi connectivity index (χ3n) is 4.35. The third-order valence-corrected chi connectivity index (χ3v) is 4.35. The van der Waals surface area contributed by atoms with E-state index in [1.54, 1.807) is 18.2 Å². The third kappa shape index (κ3) is 3.28. The van der Waals surface area contributed by atoms with Crippen molar-refractivity contribution < 1.29 is 8.78 Å². The molecule has 25 heavy (non-hydrogen) atoms. The van der Waals surface area contributed by atoms with Crippen LogP contribution >= 0.6 is 0 Å². The molecule has 5 nitrogen and oxygen atoms in total. The molecule has 0 spiro atoms. The Morgan fingerprint density at radius 1 is 1.08 bits per heavy atom. The number of nitrogens with zero attached hydrogens (tertiary/aromatic N) is 3. The van der Waals surface area contributed by atoms with Gasteiger partial charge in [-0.3, -0.25) is 4.98 Å². The maximum atomic E-state index is 14.3. The second-order valence-corrected chi connectivity index (χ2v) is 6.09. The van der Waals surface area contributed by atoms with Gasteiger partial charge in [0.05, 0.1) is 6.20 Å². The number of rotatable bonds is 3. The highest BCUT2D eigenvalue weighted by atomic mass is 19.1. The van der Waals surface area contributed by atoms with Crippen LogP contribution in [-0.4, -0.2) is 34.1 Å². The predicted molar refractivity (Wildman–Crippen MR) is 92.2 cm³/mol. The molecule has 2 N–H and O–H groups in total. The lowest BCUT2D eigenvalue weighted by Gasteiger charge is -2.23. The number of fused-ring (bicyclic) bond motifs is 1. The molecule has 0 atom stereocenters. The first-order valence-electron chi connectivity index (χ1n) is 8.25. The molecule has 0 amide bonds. The highest BCUT2D eigenvalue weighted by molar-refractivity contribution is 5.84. The first-order chi connectivity index (χ1) is 12.2. The lowest BCUT2D eigenvalue weighted by Crippen LogP contribution is -2.35. The summed E-state index contributed by atoms with van der Waals surface area (Å²) in [5, 5.41) is 7.12. The van der Waals surface area contributed by atoms with Crippen LogP contribution in [-0.2, 0) is 0 Å².